The van der Waals surface area contributed by atoms with Crippen molar-refractivity contribution >= 4 is 11.9 Å². The topological polar surface area (TPSA) is 70.1 Å². The molecule has 0 aromatic heterocycles. The molecule has 0 bridgehead atoms. The van der Waals surface area contributed by atoms with Crippen LogP contribution in [0.15, 0.2) is 0 Å². The third kappa shape index (κ3) is 4.80. The zero-order valence-electron chi connectivity index (χ0n) is 12.0. The number of likely N-dealkylation sites (N-methyl/N-ethyl adjacent to an activating group) is 1. The van der Waals surface area contributed by atoms with Gasteiger partial charge in [0.1, 0.15) is 6.04 Å². The van der Waals surface area contributed by atoms with Gasteiger partial charge < -0.3 is 14.7 Å². The molecule has 1 N–H and O–H groups in total. The fourth-order valence-corrected chi connectivity index (χ4v) is 2.31. The summed E-state index contributed by atoms with van der Waals surface area (Å²) in [5.41, 5.74) is 0. The van der Waals surface area contributed by atoms with Crippen molar-refractivity contribution in [2.75, 3.05) is 39.9 Å². The van der Waals surface area contributed by atoms with Crippen LogP contribution in [0.5, 0.6) is 0 Å². The minimum absolute atomic E-state index is 0.102. The molecule has 1 amide bonds. The highest BCUT2D eigenvalue weighted by Gasteiger charge is 2.29. The van der Waals surface area contributed by atoms with Crippen molar-refractivity contribution < 1.29 is 19.4 Å². The van der Waals surface area contributed by atoms with Crippen LogP contribution in [0, 0.1) is 5.92 Å². The van der Waals surface area contributed by atoms with Gasteiger partial charge in [0.25, 0.3) is 0 Å². The van der Waals surface area contributed by atoms with Crippen molar-refractivity contribution in [3.63, 3.8) is 0 Å². The van der Waals surface area contributed by atoms with E-state index in [0.717, 1.165) is 13.1 Å². The Morgan fingerprint density at radius 1 is 1.32 bits per heavy atom. The molecule has 0 radical (unpaired) electrons. The van der Waals surface area contributed by atoms with Gasteiger partial charge in [-0.2, -0.15) is 0 Å². The number of carbonyl (C=O) groups excluding carboxylic acids is 1. The van der Waals surface area contributed by atoms with E-state index >= 15 is 0 Å². The van der Waals surface area contributed by atoms with Crippen LogP contribution < -0.4 is 0 Å². The smallest absolute Gasteiger partial charge is 0.326 e. The summed E-state index contributed by atoms with van der Waals surface area (Å²) >= 11 is 0. The first kappa shape index (κ1) is 15.9. The van der Waals surface area contributed by atoms with Crippen LogP contribution in [-0.2, 0) is 14.3 Å². The van der Waals surface area contributed by atoms with Crippen molar-refractivity contribution in [3.05, 3.63) is 0 Å². The van der Waals surface area contributed by atoms with Crippen LogP contribution in [0.3, 0.4) is 0 Å². The number of carboxylic acid groups (broad SMARTS) is 1. The average Bonchev–Trinajstić information content (AvgIpc) is 2.36. The van der Waals surface area contributed by atoms with Crippen LogP contribution in [0.2, 0.25) is 0 Å². The van der Waals surface area contributed by atoms with Crippen molar-refractivity contribution in [2.45, 2.75) is 26.3 Å². The molecule has 1 aliphatic rings. The van der Waals surface area contributed by atoms with E-state index in [4.69, 9.17) is 9.84 Å². The number of rotatable bonds is 6. The molecular formula is C13H24N2O4. The van der Waals surface area contributed by atoms with E-state index in [1.165, 1.54) is 4.90 Å². The number of nitrogens with zero attached hydrogens (tertiary/aromatic N) is 2. The molecule has 0 aromatic carbocycles. The van der Waals surface area contributed by atoms with Gasteiger partial charge in [0.2, 0.25) is 5.91 Å². The first-order valence-electron chi connectivity index (χ1n) is 6.72. The molecule has 1 atom stereocenters. The molecule has 6 nitrogen and oxygen atoms in total. The van der Waals surface area contributed by atoms with E-state index < -0.39 is 12.0 Å². The molecule has 1 heterocycles. The molecule has 0 aromatic rings. The standard InChI is InChI=1S/C13H24N2O4/c1-10(2)12(13(17)18)14(3)11(16)4-5-15-6-8-19-9-7-15/h10,12H,4-9H2,1-3H3,(H,17,18). The predicted octanol–water partition coefficient (Wildman–Crippen LogP) is 0.276. The second kappa shape index (κ2) is 7.45. The quantitative estimate of drug-likeness (QED) is 0.752. The molecule has 1 fully saturated rings. The van der Waals surface area contributed by atoms with Gasteiger partial charge in [0.15, 0.2) is 0 Å². The van der Waals surface area contributed by atoms with E-state index in [1.807, 2.05) is 13.8 Å². The van der Waals surface area contributed by atoms with E-state index in [9.17, 15) is 9.59 Å². The third-order valence-corrected chi connectivity index (χ3v) is 3.44. The lowest BCUT2D eigenvalue weighted by Crippen LogP contribution is -2.47. The fraction of sp³-hybridized carbons (Fsp3) is 0.846. The van der Waals surface area contributed by atoms with Gasteiger partial charge in [-0.25, -0.2) is 4.79 Å². The highest BCUT2D eigenvalue weighted by atomic mass is 16.5. The molecule has 110 valence electrons. The van der Waals surface area contributed by atoms with Gasteiger partial charge in [-0.15, -0.1) is 0 Å². The van der Waals surface area contributed by atoms with E-state index in [0.29, 0.717) is 26.2 Å². The molecule has 1 rings (SSSR count). The maximum Gasteiger partial charge on any atom is 0.326 e. The summed E-state index contributed by atoms with van der Waals surface area (Å²) in [4.78, 5) is 26.7. The van der Waals surface area contributed by atoms with Crippen LogP contribution in [0.1, 0.15) is 20.3 Å². The van der Waals surface area contributed by atoms with Crippen molar-refractivity contribution in [1.29, 1.82) is 0 Å². The number of morpholine rings is 1. The second-order valence-corrected chi connectivity index (χ2v) is 5.24. The molecular weight excluding hydrogens is 248 g/mol. The summed E-state index contributed by atoms with van der Waals surface area (Å²) < 4.78 is 5.24. The Labute approximate surface area is 114 Å². The molecule has 6 heteroatoms. The molecule has 0 saturated carbocycles. The monoisotopic (exact) mass is 272 g/mol. The number of aliphatic carboxylic acids is 1. The normalized spacial score (nSPS) is 18.3. The Balaban J connectivity index is 2.44. The zero-order chi connectivity index (χ0) is 14.4. The number of hydrogen-bond acceptors (Lipinski definition) is 4. The van der Waals surface area contributed by atoms with Gasteiger partial charge in [-0.1, -0.05) is 13.8 Å². The number of carboxylic acids is 1. The van der Waals surface area contributed by atoms with Crippen LogP contribution in [-0.4, -0.2) is 72.7 Å². The van der Waals surface area contributed by atoms with Gasteiger partial charge >= 0.3 is 5.97 Å². The lowest BCUT2D eigenvalue weighted by atomic mass is 10.0. The Hall–Kier alpha value is -1.14. The molecule has 19 heavy (non-hydrogen) atoms. The maximum absolute atomic E-state index is 12.0. The Kier molecular flexibility index (Phi) is 6.24. The van der Waals surface area contributed by atoms with Crippen LogP contribution in [0.4, 0.5) is 0 Å². The van der Waals surface area contributed by atoms with Gasteiger partial charge in [-0.3, -0.25) is 9.69 Å². The van der Waals surface area contributed by atoms with Gasteiger partial charge in [0.05, 0.1) is 13.2 Å². The fourth-order valence-electron chi connectivity index (χ4n) is 2.31. The predicted molar refractivity (Wildman–Crippen MR) is 70.9 cm³/mol. The summed E-state index contributed by atoms with van der Waals surface area (Å²) in [7, 11) is 1.57. The van der Waals surface area contributed by atoms with Gasteiger partial charge in [-0.05, 0) is 5.92 Å². The first-order valence-corrected chi connectivity index (χ1v) is 6.72. The molecule has 1 saturated heterocycles. The number of amides is 1. The second-order valence-electron chi connectivity index (χ2n) is 5.24. The van der Waals surface area contributed by atoms with E-state index in [1.54, 1.807) is 7.05 Å². The molecule has 1 aliphatic heterocycles. The SMILES string of the molecule is CC(C)C(C(=O)O)N(C)C(=O)CCN1CCOCC1. The number of hydrogen-bond donors (Lipinski definition) is 1. The summed E-state index contributed by atoms with van der Waals surface area (Å²) in [5, 5.41) is 9.16. The van der Waals surface area contributed by atoms with Crippen LogP contribution in [0.25, 0.3) is 0 Å². The lowest BCUT2D eigenvalue weighted by Gasteiger charge is -2.30. The minimum atomic E-state index is -0.947. The summed E-state index contributed by atoms with van der Waals surface area (Å²) in [6.07, 6.45) is 0.354. The molecule has 0 aliphatic carbocycles. The maximum atomic E-state index is 12.0. The van der Waals surface area contributed by atoms with Crippen molar-refractivity contribution in [2.24, 2.45) is 5.92 Å². The highest BCUT2D eigenvalue weighted by molar-refractivity contribution is 5.83. The van der Waals surface area contributed by atoms with E-state index in [-0.39, 0.29) is 11.8 Å². The Morgan fingerprint density at radius 2 is 1.89 bits per heavy atom. The summed E-state index contributed by atoms with van der Waals surface area (Å²) in [6.45, 7) is 7.36. The highest BCUT2D eigenvalue weighted by Crippen LogP contribution is 2.11. The Morgan fingerprint density at radius 3 is 2.37 bits per heavy atom. The summed E-state index contributed by atoms with van der Waals surface area (Å²) in [5.74, 6) is -1.17. The lowest BCUT2D eigenvalue weighted by molar-refractivity contribution is -0.151. The van der Waals surface area contributed by atoms with Gasteiger partial charge in [0, 0.05) is 33.1 Å². The number of carbonyl (C=O) groups is 2. The van der Waals surface area contributed by atoms with Crippen molar-refractivity contribution in [3.8, 4) is 0 Å². The zero-order valence-corrected chi connectivity index (χ0v) is 12.0. The Bertz CT molecular complexity index is 314. The largest absolute Gasteiger partial charge is 0.480 e. The number of ether oxygens (including phenoxy) is 1. The minimum Gasteiger partial charge on any atom is -0.480 e. The van der Waals surface area contributed by atoms with Crippen molar-refractivity contribution in [1.82, 2.24) is 9.80 Å². The third-order valence-electron chi connectivity index (χ3n) is 3.44. The van der Waals surface area contributed by atoms with Crippen LogP contribution >= 0.6 is 0 Å². The summed E-state index contributed by atoms with van der Waals surface area (Å²) in [6, 6.07) is -0.753. The first-order chi connectivity index (χ1) is 8.93. The molecule has 1 unspecified atom stereocenters. The average molecular weight is 272 g/mol. The molecule has 0 spiro atoms. The van der Waals surface area contributed by atoms with E-state index in [2.05, 4.69) is 4.90 Å².